The van der Waals surface area contributed by atoms with E-state index in [9.17, 15) is 9.18 Å². The first-order valence-corrected chi connectivity index (χ1v) is 8.88. The molecular formula is C20H24FN5O. The SMILES string of the molecule is Cc1nn(C)c(C)c1CCC(=O)N[C@H](c1ccccc1F)c1nccn1C. The number of amides is 1. The summed E-state index contributed by atoms with van der Waals surface area (Å²) in [6.45, 7) is 3.93. The minimum absolute atomic E-state index is 0.158. The molecule has 0 unspecified atom stereocenters. The third kappa shape index (κ3) is 3.92. The van der Waals surface area contributed by atoms with Crippen molar-refractivity contribution in [1.29, 1.82) is 0 Å². The van der Waals surface area contributed by atoms with Crippen LogP contribution >= 0.6 is 0 Å². The largest absolute Gasteiger partial charge is 0.342 e. The van der Waals surface area contributed by atoms with Crippen LogP contribution in [0, 0.1) is 19.7 Å². The van der Waals surface area contributed by atoms with Crippen molar-refractivity contribution in [3.05, 3.63) is 70.8 Å². The maximum absolute atomic E-state index is 14.4. The average molecular weight is 369 g/mol. The summed E-state index contributed by atoms with van der Waals surface area (Å²) in [6.07, 6.45) is 4.29. The zero-order chi connectivity index (χ0) is 19.6. The molecule has 1 N–H and O–H groups in total. The fraction of sp³-hybridized carbons (Fsp3) is 0.350. The van der Waals surface area contributed by atoms with E-state index in [1.54, 1.807) is 35.2 Å². The molecule has 142 valence electrons. The predicted octanol–water partition coefficient (Wildman–Crippen LogP) is 2.75. The molecule has 3 aromatic rings. The van der Waals surface area contributed by atoms with Crippen molar-refractivity contribution in [1.82, 2.24) is 24.6 Å². The van der Waals surface area contributed by atoms with Gasteiger partial charge in [-0.25, -0.2) is 9.37 Å². The molecule has 0 aliphatic heterocycles. The van der Waals surface area contributed by atoms with E-state index in [2.05, 4.69) is 15.4 Å². The lowest BCUT2D eigenvalue weighted by molar-refractivity contribution is -0.121. The summed E-state index contributed by atoms with van der Waals surface area (Å²) in [4.78, 5) is 17.0. The van der Waals surface area contributed by atoms with Crippen molar-refractivity contribution in [3.8, 4) is 0 Å². The summed E-state index contributed by atoms with van der Waals surface area (Å²) in [5.74, 6) is 0.0563. The van der Waals surface area contributed by atoms with Crippen LogP contribution in [0.25, 0.3) is 0 Å². The molecule has 6 nitrogen and oxygen atoms in total. The summed E-state index contributed by atoms with van der Waals surface area (Å²) in [6, 6.07) is 5.80. The highest BCUT2D eigenvalue weighted by molar-refractivity contribution is 5.77. The van der Waals surface area contributed by atoms with E-state index in [4.69, 9.17) is 0 Å². The molecule has 0 aliphatic carbocycles. The standard InChI is InChI=1S/C20H24FN5O/c1-13-15(14(2)26(4)24-13)9-10-18(27)23-19(20-22-11-12-25(20)3)16-7-5-6-8-17(16)21/h5-8,11-12,19H,9-10H2,1-4H3,(H,23,27)/t19-/m1/s1. The number of rotatable bonds is 6. The average Bonchev–Trinajstić information content (AvgIpc) is 3.15. The van der Waals surface area contributed by atoms with Gasteiger partial charge >= 0.3 is 0 Å². The Kier molecular flexibility index (Phi) is 5.39. The molecule has 0 fully saturated rings. The normalized spacial score (nSPS) is 12.2. The van der Waals surface area contributed by atoms with Crippen LogP contribution < -0.4 is 5.32 Å². The number of halogens is 1. The van der Waals surface area contributed by atoms with Crippen LogP contribution in [-0.4, -0.2) is 25.2 Å². The molecule has 0 saturated carbocycles. The van der Waals surface area contributed by atoms with Gasteiger partial charge in [-0.15, -0.1) is 0 Å². The van der Waals surface area contributed by atoms with Crippen LogP contribution in [0.2, 0.25) is 0 Å². The molecule has 1 atom stereocenters. The molecule has 1 aromatic carbocycles. The molecule has 3 rings (SSSR count). The number of aromatic nitrogens is 4. The van der Waals surface area contributed by atoms with Gasteiger partial charge in [-0.2, -0.15) is 5.10 Å². The summed E-state index contributed by atoms with van der Waals surface area (Å²) in [5.41, 5.74) is 3.45. The fourth-order valence-electron chi connectivity index (χ4n) is 3.30. The zero-order valence-electron chi connectivity index (χ0n) is 16.0. The minimum Gasteiger partial charge on any atom is -0.342 e. The molecule has 0 saturated heterocycles. The predicted molar refractivity (Wildman–Crippen MR) is 101 cm³/mol. The van der Waals surface area contributed by atoms with Crippen LogP contribution in [-0.2, 0) is 25.3 Å². The fourth-order valence-corrected chi connectivity index (χ4v) is 3.30. The Labute approximate surface area is 158 Å². The number of nitrogens with zero attached hydrogens (tertiary/aromatic N) is 4. The highest BCUT2D eigenvalue weighted by Gasteiger charge is 2.23. The van der Waals surface area contributed by atoms with Crippen LogP contribution in [0.1, 0.15) is 40.8 Å². The Morgan fingerprint density at radius 2 is 2.00 bits per heavy atom. The molecular weight excluding hydrogens is 345 g/mol. The number of aryl methyl sites for hydroxylation is 3. The molecule has 1 amide bonds. The molecule has 0 bridgehead atoms. The molecule has 0 aliphatic rings. The van der Waals surface area contributed by atoms with Gasteiger partial charge in [-0.1, -0.05) is 18.2 Å². The molecule has 2 heterocycles. The Morgan fingerprint density at radius 1 is 1.26 bits per heavy atom. The van der Waals surface area contributed by atoms with E-state index in [0.29, 0.717) is 24.2 Å². The van der Waals surface area contributed by atoms with Gasteiger partial charge in [0.25, 0.3) is 0 Å². The van der Waals surface area contributed by atoms with Gasteiger partial charge < -0.3 is 9.88 Å². The summed E-state index contributed by atoms with van der Waals surface area (Å²) >= 11 is 0. The van der Waals surface area contributed by atoms with Gasteiger partial charge in [0.2, 0.25) is 5.91 Å². The second-order valence-electron chi connectivity index (χ2n) is 6.69. The Bertz CT molecular complexity index is 959. The second-order valence-corrected chi connectivity index (χ2v) is 6.69. The first-order valence-electron chi connectivity index (χ1n) is 8.88. The number of benzene rings is 1. The smallest absolute Gasteiger partial charge is 0.221 e. The summed E-state index contributed by atoms with van der Waals surface area (Å²) in [7, 11) is 3.71. The molecule has 2 aromatic heterocycles. The lowest BCUT2D eigenvalue weighted by Gasteiger charge is -2.19. The minimum atomic E-state index is -0.644. The van der Waals surface area contributed by atoms with Crippen molar-refractivity contribution >= 4 is 5.91 Å². The zero-order valence-corrected chi connectivity index (χ0v) is 16.0. The summed E-state index contributed by atoms with van der Waals surface area (Å²) in [5, 5.41) is 7.33. The highest BCUT2D eigenvalue weighted by atomic mass is 19.1. The van der Waals surface area contributed by atoms with Gasteiger partial charge in [0.15, 0.2) is 0 Å². The lowest BCUT2D eigenvalue weighted by Crippen LogP contribution is -2.31. The van der Waals surface area contributed by atoms with Crippen molar-refractivity contribution in [2.24, 2.45) is 14.1 Å². The van der Waals surface area contributed by atoms with E-state index in [1.165, 1.54) is 6.07 Å². The topological polar surface area (TPSA) is 64.7 Å². The maximum atomic E-state index is 14.4. The van der Waals surface area contributed by atoms with E-state index in [0.717, 1.165) is 17.0 Å². The van der Waals surface area contributed by atoms with Crippen LogP contribution in [0.3, 0.4) is 0 Å². The van der Waals surface area contributed by atoms with Gasteiger partial charge in [0, 0.05) is 44.2 Å². The quantitative estimate of drug-likeness (QED) is 0.727. The second kappa shape index (κ2) is 7.73. The van der Waals surface area contributed by atoms with Crippen LogP contribution in [0.5, 0.6) is 0 Å². The first-order chi connectivity index (χ1) is 12.9. The number of carbonyl (C=O) groups excluding carboxylic acids is 1. The van der Waals surface area contributed by atoms with Gasteiger partial charge in [0.05, 0.1) is 5.69 Å². The Morgan fingerprint density at radius 3 is 2.59 bits per heavy atom. The van der Waals surface area contributed by atoms with Crippen LogP contribution in [0.4, 0.5) is 4.39 Å². The first kappa shape index (κ1) is 18.8. The number of hydrogen-bond acceptors (Lipinski definition) is 3. The van der Waals surface area contributed by atoms with Gasteiger partial charge in [-0.05, 0) is 31.9 Å². The van der Waals surface area contributed by atoms with Crippen molar-refractivity contribution in [3.63, 3.8) is 0 Å². The Balaban J connectivity index is 1.79. The lowest BCUT2D eigenvalue weighted by atomic mass is 10.0. The van der Waals surface area contributed by atoms with E-state index in [-0.39, 0.29) is 11.7 Å². The van der Waals surface area contributed by atoms with Crippen molar-refractivity contribution in [2.45, 2.75) is 32.7 Å². The van der Waals surface area contributed by atoms with E-state index >= 15 is 0 Å². The molecule has 0 spiro atoms. The van der Waals surface area contributed by atoms with Gasteiger partial charge in [0.1, 0.15) is 17.7 Å². The van der Waals surface area contributed by atoms with Crippen molar-refractivity contribution < 1.29 is 9.18 Å². The number of imidazole rings is 1. The number of carbonyl (C=O) groups is 1. The molecule has 27 heavy (non-hydrogen) atoms. The monoisotopic (exact) mass is 369 g/mol. The third-order valence-electron chi connectivity index (χ3n) is 4.90. The maximum Gasteiger partial charge on any atom is 0.221 e. The summed E-state index contributed by atoms with van der Waals surface area (Å²) < 4.78 is 18.0. The van der Waals surface area contributed by atoms with E-state index in [1.807, 2.05) is 32.6 Å². The third-order valence-corrected chi connectivity index (χ3v) is 4.90. The number of hydrogen-bond donors (Lipinski definition) is 1. The number of nitrogens with one attached hydrogen (secondary N) is 1. The van der Waals surface area contributed by atoms with Crippen molar-refractivity contribution in [2.75, 3.05) is 0 Å². The van der Waals surface area contributed by atoms with Crippen LogP contribution in [0.15, 0.2) is 36.7 Å². The molecule has 7 heteroatoms. The Hall–Kier alpha value is -2.96. The van der Waals surface area contributed by atoms with Gasteiger partial charge in [-0.3, -0.25) is 9.48 Å². The highest BCUT2D eigenvalue weighted by Crippen LogP contribution is 2.23. The molecule has 0 radical (unpaired) electrons. The van der Waals surface area contributed by atoms with E-state index < -0.39 is 6.04 Å².